The van der Waals surface area contributed by atoms with Crippen molar-refractivity contribution in [1.82, 2.24) is 0 Å². The van der Waals surface area contributed by atoms with Crippen LogP contribution in [0, 0.1) is 12.7 Å². The zero-order chi connectivity index (χ0) is 14.7. The van der Waals surface area contributed by atoms with E-state index in [1.165, 1.54) is 31.2 Å². The molecule has 0 saturated heterocycles. The van der Waals surface area contributed by atoms with Crippen molar-refractivity contribution in [1.29, 1.82) is 0 Å². The first kappa shape index (κ1) is 13.9. The third-order valence-corrected chi connectivity index (χ3v) is 3.00. The van der Waals surface area contributed by atoms with Gasteiger partial charge in [0, 0.05) is 16.8 Å². The van der Waals surface area contributed by atoms with E-state index < -0.39 is 5.82 Å². The van der Waals surface area contributed by atoms with E-state index in [0.29, 0.717) is 16.8 Å². The molecule has 0 heterocycles. The molecule has 0 saturated carbocycles. The number of anilines is 1. The number of hydrogen-bond donors (Lipinski definition) is 1. The minimum atomic E-state index is -0.392. The molecular weight excluding hydrogens is 257 g/mol. The van der Waals surface area contributed by atoms with Crippen LogP contribution < -0.4 is 5.32 Å². The number of aryl methyl sites for hydroxylation is 1. The van der Waals surface area contributed by atoms with E-state index in [1.807, 2.05) is 6.92 Å². The Morgan fingerprint density at radius 1 is 1.00 bits per heavy atom. The Bertz CT molecular complexity index is 663. The van der Waals surface area contributed by atoms with Gasteiger partial charge in [-0.1, -0.05) is 12.1 Å². The molecule has 102 valence electrons. The first-order valence-electron chi connectivity index (χ1n) is 6.16. The quantitative estimate of drug-likeness (QED) is 0.867. The molecule has 4 heteroatoms. The second-order valence-corrected chi connectivity index (χ2v) is 4.55. The van der Waals surface area contributed by atoms with Crippen LogP contribution in [0.3, 0.4) is 0 Å². The molecule has 0 aromatic heterocycles. The van der Waals surface area contributed by atoms with Gasteiger partial charge < -0.3 is 5.32 Å². The van der Waals surface area contributed by atoms with E-state index in [4.69, 9.17) is 0 Å². The summed E-state index contributed by atoms with van der Waals surface area (Å²) < 4.78 is 12.8. The van der Waals surface area contributed by atoms with Gasteiger partial charge >= 0.3 is 0 Å². The molecular formula is C16H14FNO2. The lowest BCUT2D eigenvalue weighted by atomic mass is 10.1. The second kappa shape index (κ2) is 5.65. The first-order chi connectivity index (χ1) is 9.47. The molecule has 2 rings (SSSR count). The Balaban J connectivity index is 2.25. The van der Waals surface area contributed by atoms with Gasteiger partial charge in [0.1, 0.15) is 5.82 Å². The molecule has 0 unspecified atom stereocenters. The molecule has 0 aliphatic carbocycles. The van der Waals surface area contributed by atoms with Crippen LogP contribution in [0.15, 0.2) is 42.5 Å². The highest BCUT2D eigenvalue weighted by molar-refractivity contribution is 6.05. The van der Waals surface area contributed by atoms with E-state index >= 15 is 0 Å². The van der Waals surface area contributed by atoms with Crippen LogP contribution in [-0.4, -0.2) is 11.7 Å². The predicted octanol–water partition coefficient (Wildman–Crippen LogP) is 3.59. The summed E-state index contributed by atoms with van der Waals surface area (Å²) in [6.07, 6.45) is 0. The van der Waals surface area contributed by atoms with Crippen molar-refractivity contribution in [2.75, 3.05) is 5.32 Å². The van der Waals surface area contributed by atoms with Crippen molar-refractivity contribution in [3.05, 3.63) is 65.0 Å². The largest absolute Gasteiger partial charge is 0.322 e. The number of ketones is 1. The highest BCUT2D eigenvalue weighted by Gasteiger charge is 2.09. The van der Waals surface area contributed by atoms with Crippen LogP contribution in [0.1, 0.15) is 33.2 Å². The number of Topliss-reactive ketones (excluding diaryl/α,β-unsaturated/α-hetero) is 1. The van der Waals surface area contributed by atoms with Gasteiger partial charge in [0.05, 0.1) is 0 Å². The smallest absolute Gasteiger partial charge is 0.255 e. The monoisotopic (exact) mass is 271 g/mol. The number of rotatable bonds is 3. The Morgan fingerprint density at radius 3 is 2.20 bits per heavy atom. The van der Waals surface area contributed by atoms with Crippen molar-refractivity contribution < 1.29 is 14.0 Å². The van der Waals surface area contributed by atoms with E-state index in [9.17, 15) is 14.0 Å². The number of carbonyl (C=O) groups excluding carboxylic acids is 2. The lowest BCUT2D eigenvalue weighted by Gasteiger charge is -2.09. The molecule has 0 spiro atoms. The van der Waals surface area contributed by atoms with Crippen molar-refractivity contribution in [2.24, 2.45) is 0 Å². The summed E-state index contributed by atoms with van der Waals surface area (Å²) in [4.78, 5) is 23.4. The third kappa shape index (κ3) is 3.09. The highest BCUT2D eigenvalue weighted by Crippen LogP contribution is 2.18. The van der Waals surface area contributed by atoms with Crippen LogP contribution in [-0.2, 0) is 0 Å². The summed E-state index contributed by atoms with van der Waals surface area (Å²) in [5.41, 5.74) is 2.32. The average Bonchev–Trinajstić information content (AvgIpc) is 2.41. The van der Waals surface area contributed by atoms with Crippen molar-refractivity contribution in [3.8, 4) is 0 Å². The zero-order valence-corrected chi connectivity index (χ0v) is 11.2. The van der Waals surface area contributed by atoms with Crippen LogP contribution in [0.2, 0.25) is 0 Å². The first-order valence-corrected chi connectivity index (χ1v) is 6.16. The van der Waals surface area contributed by atoms with Crippen molar-refractivity contribution in [2.45, 2.75) is 13.8 Å². The van der Waals surface area contributed by atoms with Crippen molar-refractivity contribution >= 4 is 17.4 Å². The van der Waals surface area contributed by atoms with Crippen LogP contribution in [0.5, 0.6) is 0 Å². The summed E-state index contributed by atoms with van der Waals surface area (Å²) in [5, 5.41) is 2.73. The van der Waals surface area contributed by atoms with Gasteiger partial charge in [0.2, 0.25) is 0 Å². The van der Waals surface area contributed by atoms with Gasteiger partial charge in [-0.2, -0.15) is 0 Å². The maximum atomic E-state index is 12.8. The minimum Gasteiger partial charge on any atom is -0.322 e. The average molecular weight is 271 g/mol. The third-order valence-electron chi connectivity index (χ3n) is 3.00. The topological polar surface area (TPSA) is 46.2 Å². The molecule has 0 fully saturated rings. The maximum Gasteiger partial charge on any atom is 0.255 e. The normalized spacial score (nSPS) is 10.2. The second-order valence-electron chi connectivity index (χ2n) is 4.55. The Hall–Kier alpha value is -2.49. The molecule has 1 N–H and O–H groups in total. The fraction of sp³-hybridized carbons (Fsp3) is 0.125. The minimum absolute atomic E-state index is 0.0673. The number of nitrogens with one attached hydrogen (secondary N) is 1. The number of hydrogen-bond acceptors (Lipinski definition) is 2. The summed E-state index contributed by atoms with van der Waals surface area (Å²) in [5.74, 6) is -0.799. The molecule has 3 nitrogen and oxygen atoms in total. The number of carbonyl (C=O) groups is 2. The lowest BCUT2D eigenvalue weighted by Crippen LogP contribution is -2.13. The van der Waals surface area contributed by atoms with E-state index in [2.05, 4.69) is 5.32 Å². The van der Waals surface area contributed by atoms with Gasteiger partial charge in [0.25, 0.3) is 5.91 Å². The van der Waals surface area contributed by atoms with E-state index in [0.717, 1.165) is 5.56 Å². The molecule has 0 bridgehead atoms. The van der Waals surface area contributed by atoms with E-state index in [1.54, 1.807) is 18.2 Å². The highest BCUT2D eigenvalue weighted by atomic mass is 19.1. The standard InChI is InChI=1S/C16H14FNO2/c1-10-3-4-13(11(2)19)9-15(10)18-16(20)12-5-7-14(17)8-6-12/h3-9H,1-2H3,(H,18,20). The molecule has 0 radical (unpaired) electrons. The van der Waals surface area contributed by atoms with Gasteiger partial charge in [-0.05, 0) is 49.7 Å². The summed E-state index contributed by atoms with van der Waals surface area (Å²) >= 11 is 0. The molecule has 1 amide bonds. The van der Waals surface area contributed by atoms with E-state index in [-0.39, 0.29) is 11.7 Å². The Morgan fingerprint density at radius 2 is 1.60 bits per heavy atom. The molecule has 2 aromatic rings. The van der Waals surface area contributed by atoms with Crippen LogP contribution in [0.4, 0.5) is 10.1 Å². The molecule has 2 aromatic carbocycles. The Kier molecular flexibility index (Phi) is 3.94. The lowest BCUT2D eigenvalue weighted by molar-refractivity contribution is 0.101. The number of amides is 1. The molecule has 0 aliphatic rings. The summed E-state index contributed by atoms with van der Waals surface area (Å²) in [6.45, 7) is 3.31. The molecule has 20 heavy (non-hydrogen) atoms. The predicted molar refractivity (Wildman–Crippen MR) is 75.5 cm³/mol. The van der Waals surface area contributed by atoms with Crippen molar-refractivity contribution in [3.63, 3.8) is 0 Å². The van der Waals surface area contributed by atoms with Gasteiger partial charge in [-0.3, -0.25) is 9.59 Å². The maximum absolute atomic E-state index is 12.8. The summed E-state index contributed by atoms with van der Waals surface area (Å²) in [7, 11) is 0. The van der Waals surface area contributed by atoms with Crippen LogP contribution >= 0.6 is 0 Å². The van der Waals surface area contributed by atoms with Gasteiger partial charge in [0.15, 0.2) is 5.78 Å². The molecule has 0 aliphatic heterocycles. The fourth-order valence-electron chi connectivity index (χ4n) is 1.77. The zero-order valence-electron chi connectivity index (χ0n) is 11.2. The fourth-order valence-corrected chi connectivity index (χ4v) is 1.77. The number of benzene rings is 2. The number of halogens is 1. The molecule has 0 atom stereocenters. The Labute approximate surface area is 116 Å². The van der Waals surface area contributed by atoms with Crippen LogP contribution in [0.25, 0.3) is 0 Å². The van der Waals surface area contributed by atoms with Gasteiger partial charge in [-0.25, -0.2) is 4.39 Å². The summed E-state index contributed by atoms with van der Waals surface area (Å²) in [6, 6.07) is 10.4. The van der Waals surface area contributed by atoms with Gasteiger partial charge in [-0.15, -0.1) is 0 Å². The SMILES string of the molecule is CC(=O)c1ccc(C)c(NC(=O)c2ccc(F)cc2)c1.